The van der Waals surface area contributed by atoms with E-state index >= 15 is 0 Å². The molecule has 1 spiro atoms. The van der Waals surface area contributed by atoms with Crippen LogP contribution < -0.4 is 5.32 Å². The number of fused-ring (bicyclic) bond motifs is 1. The molecule has 3 nitrogen and oxygen atoms in total. The predicted octanol–water partition coefficient (Wildman–Crippen LogP) is 2.60. The van der Waals surface area contributed by atoms with Gasteiger partial charge in [0.1, 0.15) is 0 Å². The molecule has 2 fully saturated rings. The summed E-state index contributed by atoms with van der Waals surface area (Å²) in [7, 11) is 0. The number of piperidine rings is 1. The zero-order chi connectivity index (χ0) is 14.1. The molecule has 3 heteroatoms. The Bertz CT molecular complexity index is 508. The predicted molar refractivity (Wildman–Crippen MR) is 82.4 cm³/mol. The minimum atomic E-state index is 0.105. The maximum absolute atomic E-state index is 6.13. The van der Waals surface area contributed by atoms with Crippen LogP contribution in [-0.2, 0) is 28.9 Å². The lowest BCUT2D eigenvalue weighted by molar-refractivity contribution is -0.0240. The summed E-state index contributed by atoms with van der Waals surface area (Å²) in [6.45, 7) is 3.66. The molecule has 0 radical (unpaired) electrons. The topological polar surface area (TPSA) is 30.5 Å². The van der Waals surface area contributed by atoms with Gasteiger partial charge in [-0.25, -0.2) is 0 Å². The van der Waals surface area contributed by atoms with Crippen LogP contribution in [0.4, 0.5) is 0 Å². The van der Waals surface area contributed by atoms with Crippen molar-refractivity contribution >= 4 is 0 Å². The Morgan fingerprint density at radius 3 is 2.95 bits per heavy atom. The van der Waals surface area contributed by atoms with Crippen molar-refractivity contribution in [2.45, 2.75) is 56.8 Å². The van der Waals surface area contributed by atoms with E-state index in [4.69, 9.17) is 9.47 Å². The van der Waals surface area contributed by atoms with E-state index in [1.165, 1.54) is 36.0 Å². The molecule has 0 saturated carbocycles. The van der Waals surface area contributed by atoms with Gasteiger partial charge in [-0.05, 0) is 61.9 Å². The average molecular weight is 287 g/mol. The Hall–Kier alpha value is -0.900. The van der Waals surface area contributed by atoms with Gasteiger partial charge in [-0.1, -0.05) is 18.2 Å². The van der Waals surface area contributed by atoms with E-state index in [1.807, 2.05) is 0 Å². The fraction of sp³-hybridized carbons (Fsp3) is 0.667. The van der Waals surface area contributed by atoms with Crippen LogP contribution in [0, 0.1) is 0 Å². The fourth-order valence-electron chi connectivity index (χ4n) is 4.07. The van der Waals surface area contributed by atoms with Gasteiger partial charge in [0, 0.05) is 6.42 Å². The third kappa shape index (κ3) is 2.87. The number of aryl methyl sites for hydroxylation is 2. The van der Waals surface area contributed by atoms with Crippen molar-refractivity contribution in [2.75, 3.05) is 19.7 Å². The molecule has 0 amide bonds. The lowest BCUT2D eigenvalue weighted by Gasteiger charge is -2.32. The molecule has 0 aromatic heterocycles. The van der Waals surface area contributed by atoms with E-state index in [0.29, 0.717) is 0 Å². The Labute approximate surface area is 127 Å². The van der Waals surface area contributed by atoms with Gasteiger partial charge in [-0.2, -0.15) is 0 Å². The number of hydrogen-bond donors (Lipinski definition) is 1. The zero-order valence-electron chi connectivity index (χ0n) is 12.7. The standard InChI is InChI=1S/C18H25NO2/c1-2-15-5-4-14(10-16(15)3-1)12-20-17-11-18(21-13-17)6-8-19-9-7-18/h4-5,10,17,19H,1-3,6-9,11-13H2. The highest BCUT2D eigenvalue weighted by Gasteiger charge is 2.41. The molecule has 1 aromatic rings. The van der Waals surface area contributed by atoms with Crippen LogP contribution in [-0.4, -0.2) is 31.4 Å². The second-order valence-electron chi connectivity index (χ2n) is 6.84. The Balaban J connectivity index is 1.33. The number of ether oxygens (including phenoxy) is 2. The zero-order valence-corrected chi connectivity index (χ0v) is 12.7. The first-order valence-electron chi connectivity index (χ1n) is 8.40. The van der Waals surface area contributed by atoms with Crippen molar-refractivity contribution in [3.8, 4) is 0 Å². The summed E-state index contributed by atoms with van der Waals surface area (Å²) < 4.78 is 12.2. The number of nitrogens with one attached hydrogen (secondary N) is 1. The molecule has 2 saturated heterocycles. The van der Waals surface area contributed by atoms with E-state index in [9.17, 15) is 0 Å². The molecule has 114 valence electrons. The molecule has 1 atom stereocenters. The maximum Gasteiger partial charge on any atom is 0.0840 e. The molecule has 1 aromatic carbocycles. The van der Waals surface area contributed by atoms with E-state index in [0.717, 1.165) is 45.6 Å². The quantitative estimate of drug-likeness (QED) is 0.927. The molecule has 21 heavy (non-hydrogen) atoms. The molecule has 0 bridgehead atoms. The summed E-state index contributed by atoms with van der Waals surface area (Å²) in [5, 5.41) is 3.41. The molecule has 2 heterocycles. The van der Waals surface area contributed by atoms with Crippen LogP contribution in [0.2, 0.25) is 0 Å². The molecule has 3 aliphatic rings. The minimum absolute atomic E-state index is 0.105. The van der Waals surface area contributed by atoms with Gasteiger partial charge < -0.3 is 14.8 Å². The first-order chi connectivity index (χ1) is 10.3. The largest absolute Gasteiger partial charge is 0.372 e. The number of rotatable bonds is 3. The molecule has 4 rings (SSSR count). The van der Waals surface area contributed by atoms with Gasteiger partial charge >= 0.3 is 0 Å². The number of benzene rings is 1. The summed E-state index contributed by atoms with van der Waals surface area (Å²) in [4.78, 5) is 0. The van der Waals surface area contributed by atoms with Crippen molar-refractivity contribution in [1.82, 2.24) is 5.32 Å². The van der Waals surface area contributed by atoms with Crippen LogP contribution in [0.15, 0.2) is 18.2 Å². The van der Waals surface area contributed by atoms with Crippen LogP contribution in [0.3, 0.4) is 0 Å². The van der Waals surface area contributed by atoms with E-state index < -0.39 is 0 Å². The third-order valence-corrected chi connectivity index (χ3v) is 5.34. The normalized spacial score (nSPS) is 27.1. The maximum atomic E-state index is 6.13. The summed E-state index contributed by atoms with van der Waals surface area (Å²) in [6.07, 6.45) is 7.41. The Kier molecular flexibility index (Phi) is 3.74. The summed E-state index contributed by atoms with van der Waals surface area (Å²) >= 11 is 0. The second-order valence-corrected chi connectivity index (χ2v) is 6.84. The van der Waals surface area contributed by atoms with Crippen molar-refractivity contribution in [2.24, 2.45) is 0 Å². The van der Waals surface area contributed by atoms with Crippen LogP contribution in [0.5, 0.6) is 0 Å². The highest BCUT2D eigenvalue weighted by molar-refractivity contribution is 5.35. The molecule has 1 unspecified atom stereocenters. The number of hydrogen-bond acceptors (Lipinski definition) is 3. The SMILES string of the molecule is c1cc2c(cc1COC1COC3(CCNCC3)C1)CCC2. The monoisotopic (exact) mass is 287 g/mol. The van der Waals surface area contributed by atoms with Crippen molar-refractivity contribution in [1.29, 1.82) is 0 Å². The average Bonchev–Trinajstić information content (AvgIpc) is 3.13. The van der Waals surface area contributed by atoms with Crippen molar-refractivity contribution < 1.29 is 9.47 Å². The molecule has 1 N–H and O–H groups in total. The van der Waals surface area contributed by atoms with Gasteiger partial charge in [0.05, 0.1) is 24.9 Å². The smallest absolute Gasteiger partial charge is 0.0840 e. The van der Waals surface area contributed by atoms with Gasteiger partial charge in [-0.15, -0.1) is 0 Å². The van der Waals surface area contributed by atoms with Crippen LogP contribution in [0.1, 0.15) is 42.4 Å². The van der Waals surface area contributed by atoms with Crippen molar-refractivity contribution in [3.05, 3.63) is 34.9 Å². The Morgan fingerprint density at radius 2 is 2.05 bits per heavy atom. The summed E-state index contributed by atoms with van der Waals surface area (Å²) in [5.74, 6) is 0. The molecular weight excluding hydrogens is 262 g/mol. The highest BCUT2D eigenvalue weighted by Crippen LogP contribution is 2.35. The van der Waals surface area contributed by atoms with Gasteiger partial charge in [0.2, 0.25) is 0 Å². The van der Waals surface area contributed by atoms with Crippen molar-refractivity contribution in [3.63, 3.8) is 0 Å². The molecule has 2 aliphatic heterocycles. The van der Waals surface area contributed by atoms with E-state index in [-0.39, 0.29) is 11.7 Å². The van der Waals surface area contributed by atoms with E-state index in [1.54, 1.807) is 0 Å². The first-order valence-corrected chi connectivity index (χ1v) is 8.40. The lowest BCUT2D eigenvalue weighted by atomic mass is 9.89. The first kappa shape index (κ1) is 13.7. The van der Waals surface area contributed by atoms with Gasteiger partial charge in [-0.3, -0.25) is 0 Å². The fourth-order valence-corrected chi connectivity index (χ4v) is 4.07. The van der Waals surface area contributed by atoms with E-state index in [2.05, 4.69) is 23.5 Å². The van der Waals surface area contributed by atoms with Gasteiger partial charge in [0.25, 0.3) is 0 Å². The van der Waals surface area contributed by atoms with Gasteiger partial charge in [0.15, 0.2) is 0 Å². The second kappa shape index (κ2) is 5.71. The summed E-state index contributed by atoms with van der Waals surface area (Å²) in [5.41, 5.74) is 4.50. The van der Waals surface area contributed by atoms with Crippen LogP contribution >= 0.6 is 0 Å². The lowest BCUT2D eigenvalue weighted by Crippen LogP contribution is -2.41. The minimum Gasteiger partial charge on any atom is -0.372 e. The third-order valence-electron chi connectivity index (χ3n) is 5.34. The molecule has 1 aliphatic carbocycles. The Morgan fingerprint density at radius 1 is 1.19 bits per heavy atom. The van der Waals surface area contributed by atoms with Crippen LogP contribution in [0.25, 0.3) is 0 Å². The highest BCUT2D eigenvalue weighted by atomic mass is 16.6. The summed E-state index contributed by atoms with van der Waals surface area (Å²) in [6, 6.07) is 6.87. The molecular formula is C18H25NO2.